The first-order chi connectivity index (χ1) is 8.22. The minimum Gasteiger partial charge on any atom is -0.455 e. The molecule has 0 aromatic carbocycles. The van der Waals surface area contributed by atoms with E-state index < -0.39 is 5.91 Å². The first kappa shape index (κ1) is 12.1. The Balaban J connectivity index is 1.91. The van der Waals surface area contributed by atoms with Gasteiger partial charge in [0.2, 0.25) is 0 Å². The average Bonchev–Trinajstić information content (AvgIpc) is 2.97. The molecule has 2 heterocycles. The molecule has 0 radical (unpaired) electrons. The second-order valence-electron chi connectivity index (χ2n) is 4.12. The van der Waals surface area contributed by atoms with Crippen molar-refractivity contribution in [3.8, 4) is 0 Å². The van der Waals surface area contributed by atoms with E-state index in [1.165, 1.54) is 0 Å². The number of carbonyl (C=O) groups excluding carboxylic acids is 1. The van der Waals surface area contributed by atoms with Crippen molar-refractivity contribution < 1.29 is 13.9 Å². The zero-order valence-corrected chi connectivity index (χ0v) is 9.81. The van der Waals surface area contributed by atoms with Crippen molar-refractivity contribution in [3.05, 3.63) is 23.7 Å². The van der Waals surface area contributed by atoms with Crippen LogP contribution in [0.1, 0.15) is 22.7 Å². The molecule has 0 spiro atoms. The molecule has 1 fully saturated rings. The highest BCUT2D eigenvalue weighted by molar-refractivity contribution is 5.90. The number of hydrogen-bond donors (Lipinski definition) is 2. The monoisotopic (exact) mass is 239 g/mol. The fourth-order valence-corrected chi connectivity index (χ4v) is 2.01. The molecule has 1 aliphatic rings. The summed E-state index contributed by atoms with van der Waals surface area (Å²) in [5.74, 6) is 5.62. The lowest BCUT2D eigenvalue weighted by molar-refractivity contribution is 0.0919. The van der Waals surface area contributed by atoms with Gasteiger partial charge >= 0.3 is 5.91 Å². The smallest absolute Gasteiger partial charge is 0.300 e. The molecule has 0 bridgehead atoms. The molecule has 1 aromatic heterocycles. The van der Waals surface area contributed by atoms with E-state index in [0.717, 1.165) is 25.3 Å². The maximum Gasteiger partial charge on any atom is 0.300 e. The van der Waals surface area contributed by atoms with Gasteiger partial charge in [-0.2, -0.15) is 0 Å². The molecule has 1 aromatic rings. The van der Waals surface area contributed by atoms with E-state index in [4.69, 9.17) is 15.0 Å². The Bertz CT molecular complexity index is 391. The predicted molar refractivity (Wildman–Crippen MR) is 61.1 cm³/mol. The summed E-state index contributed by atoms with van der Waals surface area (Å²) in [6, 6.07) is 3.42. The number of carbonyl (C=O) groups is 1. The standard InChI is InChI=1S/C11H17N3O3/c1-16-8-4-5-14(6-8)7-9-2-3-10(17-9)11(15)13-12/h2-3,8H,4-7,12H2,1H3,(H,13,15). The highest BCUT2D eigenvalue weighted by Gasteiger charge is 2.23. The zero-order chi connectivity index (χ0) is 12.3. The van der Waals surface area contributed by atoms with E-state index in [2.05, 4.69) is 4.90 Å². The molecular weight excluding hydrogens is 222 g/mol. The van der Waals surface area contributed by atoms with Crippen molar-refractivity contribution in [2.45, 2.75) is 19.1 Å². The molecule has 6 heteroatoms. The number of methoxy groups -OCH3 is 1. The molecule has 17 heavy (non-hydrogen) atoms. The van der Waals surface area contributed by atoms with Crippen molar-refractivity contribution in [1.82, 2.24) is 10.3 Å². The van der Waals surface area contributed by atoms with Crippen LogP contribution in [0, 0.1) is 0 Å². The Morgan fingerprint density at radius 1 is 1.71 bits per heavy atom. The van der Waals surface area contributed by atoms with E-state index >= 15 is 0 Å². The minimum atomic E-state index is -0.410. The van der Waals surface area contributed by atoms with Crippen LogP contribution in [0.3, 0.4) is 0 Å². The Morgan fingerprint density at radius 2 is 2.53 bits per heavy atom. The molecule has 3 N–H and O–H groups in total. The summed E-state index contributed by atoms with van der Waals surface area (Å²) >= 11 is 0. The van der Waals surface area contributed by atoms with Crippen LogP contribution in [-0.4, -0.2) is 37.1 Å². The second-order valence-corrected chi connectivity index (χ2v) is 4.12. The van der Waals surface area contributed by atoms with Crippen LogP contribution in [0.15, 0.2) is 16.5 Å². The largest absolute Gasteiger partial charge is 0.455 e. The van der Waals surface area contributed by atoms with Crippen molar-refractivity contribution in [2.24, 2.45) is 5.84 Å². The van der Waals surface area contributed by atoms with Gasteiger partial charge in [0.25, 0.3) is 0 Å². The van der Waals surface area contributed by atoms with Crippen LogP contribution in [0.5, 0.6) is 0 Å². The number of nitrogens with two attached hydrogens (primary N) is 1. The molecule has 1 aliphatic heterocycles. The van der Waals surface area contributed by atoms with Crippen molar-refractivity contribution in [2.75, 3.05) is 20.2 Å². The van der Waals surface area contributed by atoms with Gasteiger partial charge in [0.15, 0.2) is 5.76 Å². The van der Waals surface area contributed by atoms with E-state index in [-0.39, 0.29) is 5.76 Å². The number of nitrogens with one attached hydrogen (secondary N) is 1. The average molecular weight is 239 g/mol. The number of ether oxygens (including phenoxy) is 1. The van der Waals surface area contributed by atoms with Gasteiger partial charge < -0.3 is 9.15 Å². The third-order valence-electron chi connectivity index (χ3n) is 2.96. The van der Waals surface area contributed by atoms with E-state index in [1.54, 1.807) is 19.2 Å². The molecule has 0 saturated carbocycles. The number of amides is 1. The molecule has 6 nitrogen and oxygen atoms in total. The predicted octanol–water partition coefficient (Wildman–Crippen LogP) is 0.104. The van der Waals surface area contributed by atoms with Crippen molar-refractivity contribution in [1.29, 1.82) is 0 Å². The number of hydrazine groups is 1. The number of hydrogen-bond acceptors (Lipinski definition) is 5. The minimum absolute atomic E-state index is 0.241. The molecule has 94 valence electrons. The molecule has 0 aliphatic carbocycles. The number of likely N-dealkylation sites (tertiary alicyclic amines) is 1. The van der Waals surface area contributed by atoms with Crippen LogP contribution >= 0.6 is 0 Å². The topological polar surface area (TPSA) is 80.7 Å². The van der Waals surface area contributed by atoms with Gasteiger partial charge in [0.05, 0.1) is 12.6 Å². The highest BCUT2D eigenvalue weighted by atomic mass is 16.5. The Morgan fingerprint density at radius 3 is 3.18 bits per heavy atom. The van der Waals surface area contributed by atoms with Gasteiger partial charge in [0.1, 0.15) is 5.76 Å². The first-order valence-electron chi connectivity index (χ1n) is 5.57. The van der Waals surface area contributed by atoms with Gasteiger partial charge in [0, 0.05) is 20.2 Å². The van der Waals surface area contributed by atoms with Crippen molar-refractivity contribution in [3.63, 3.8) is 0 Å². The number of nitrogens with zero attached hydrogens (tertiary/aromatic N) is 1. The summed E-state index contributed by atoms with van der Waals surface area (Å²) in [7, 11) is 1.73. The summed E-state index contributed by atoms with van der Waals surface area (Å²) in [4.78, 5) is 13.4. The Hall–Kier alpha value is -1.37. The number of furan rings is 1. The first-order valence-corrected chi connectivity index (χ1v) is 5.57. The summed E-state index contributed by atoms with van der Waals surface area (Å²) in [5.41, 5.74) is 2.04. The van der Waals surface area contributed by atoms with Crippen LogP contribution in [0.4, 0.5) is 0 Å². The normalized spacial score (nSPS) is 20.7. The fraction of sp³-hybridized carbons (Fsp3) is 0.545. The second kappa shape index (κ2) is 5.31. The van der Waals surface area contributed by atoms with Crippen LogP contribution in [0.2, 0.25) is 0 Å². The summed E-state index contributed by atoms with van der Waals surface area (Å²) in [5, 5.41) is 0. The Labute approximate surface area is 99.7 Å². The summed E-state index contributed by atoms with van der Waals surface area (Å²) in [6.07, 6.45) is 1.34. The number of nitrogen functional groups attached to an aromatic ring is 1. The van der Waals surface area contributed by atoms with Crippen LogP contribution in [-0.2, 0) is 11.3 Å². The number of rotatable bonds is 4. The van der Waals surface area contributed by atoms with Gasteiger partial charge in [-0.05, 0) is 18.6 Å². The van der Waals surface area contributed by atoms with E-state index in [0.29, 0.717) is 12.6 Å². The lowest BCUT2D eigenvalue weighted by Crippen LogP contribution is -2.29. The lowest BCUT2D eigenvalue weighted by Gasteiger charge is -2.13. The summed E-state index contributed by atoms with van der Waals surface area (Å²) < 4.78 is 10.7. The zero-order valence-electron chi connectivity index (χ0n) is 9.81. The Kier molecular flexibility index (Phi) is 3.78. The molecule has 2 rings (SSSR count). The van der Waals surface area contributed by atoms with Crippen LogP contribution < -0.4 is 11.3 Å². The third kappa shape index (κ3) is 2.85. The van der Waals surface area contributed by atoms with E-state index in [1.807, 2.05) is 5.43 Å². The third-order valence-corrected chi connectivity index (χ3v) is 2.96. The van der Waals surface area contributed by atoms with Gasteiger partial charge in [-0.1, -0.05) is 0 Å². The van der Waals surface area contributed by atoms with Crippen molar-refractivity contribution >= 4 is 5.91 Å². The molecule has 1 amide bonds. The van der Waals surface area contributed by atoms with Crippen LogP contribution in [0.25, 0.3) is 0 Å². The fourth-order valence-electron chi connectivity index (χ4n) is 2.01. The lowest BCUT2D eigenvalue weighted by atomic mass is 10.3. The van der Waals surface area contributed by atoms with Gasteiger partial charge in [-0.25, -0.2) is 5.84 Å². The van der Waals surface area contributed by atoms with Gasteiger partial charge in [-0.3, -0.25) is 15.1 Å². The highest BCUT2D eigenvalue weighted by Crippen LogP contribution is 2.16. The van der Waals surface area contributed by atoms with E-state index in [9.17, 15) is 4.79 Å². The maximum atomic E-state index is 11.2. The molecule has 1 atom stereocenters. The summed E-state index contributed by atoms with van der Waals surface area (Å²) in [6.45, 7) is 2.57. The molecular formula is C11H17N3O3. The molecule has 1 unspecified atom stereocenters. The quantitative estimate of drug-likeness (QED) is 0.442. The maximum absolute atomic E-state index is 11.2. The molecule has 1 saturated heterocycles. The SMILES string of the molecule is COC1CCN(Cc2ccc(C(=O)NN)o2)C1. The van der Waals surface area contributed by atoms with Gasteiger partial charge in [-0.15, -0.1) is 0 Å².